The average molecular weight is 384 g/mol. The highest BCUT2D eigenvalue weighted by Crippen LogP contribution is 2.21. The molecule has 0 saturated carbocycles. The van der Waals surface area contributed by atoms with Crippen molar-refractivity contribution in [2.75, 3.05) is 29.5 Å². The molecular formula is C20H20N2O4S. The number of anilines is 2. The van der Waals surface area contributed by atoms with E-state index in [1.54, 1.807) is 24.3 Å². The van der Waals surface area contributed by atoms with Gasteiger partial charge in [-0.3, -0.25) is 9.10 Å². The molecule has 6 nitrogen and oxygen atoms in total. The third kappa shape index (κ3) is 4.77. The fourth-order valence-electron chi connectivity index (χ4n) is 2.56. The van der Waals surface area contributed by atoms with Crippen molar-refractivity contribution in [3.63, 3.8) is 0 Å². The summed E-state index contributed by atoms with van der Waals surface area (Å²) >= 11 is 0. The molecule has 0 aliphatic carbocycles. The molecule has 0 unspecified atom stereocenters. The quantitative estimate of drug-likeness (QED) is 0.708. The molecule has 0 atom stereocenters. The van der Waals surface area contributed by atoms with Gasteiger partial charge in [0, 0.05) is 12.7 Å². The van der Waals surface area contributed by atoms with Crippen LogP contribution in [-0.4, -0.2) is 34.2 Å². The van der Waals surface area contributed by atoms with E-state index in [0.717, 1.165) is 17.0 Å². The first kappa shape index (κ1) is 18.7. The number of benzene rings is 3. The maximum Gasteiger partial charge on any atom is 0.262 e. The number of carbonyl (C=O) groups excluding carboxylic acids is 1. The van der Waals surface area contributed by atoms with Gasteiger partial charge >= 0.3 is 0 Å². The van der Waals surface area contributed by atoms with Gasteiger partial charge in [-0.2, -0.15) is 0 Å². The summed E-state index contributed by atoms with van der Waals surface area (Å²) in [4.78, 5) is 12.1. The van der Waals surface area contributed by atoms with Gasteiger partial charge in [0.1, 0.15) is 5.75 Å². The summed E-state index contributed by atoms with van der Waals surface area (Å²) in [7, 11) is -1.84. The average Bonchev–Trinajstić information content (AvgIpc) is 2.65. The van der Waals surface area contributed by atoms with Crippen LogP contribution >= 0.6 is 0 Å². The molecule has 1 N–H and O–H groups in total. The Bertz CT molecular complexity index is 1060. The van der Waals surface area contributed by atoms with E-state index >= 15 is 0 Å². The first-order valence-corrected chi connectivity index (χ1v) is 10.1. The lowest BCUT2D eigenvalue weighted by molar-refractivity contribution is -0.118. The Morgan fingerprint density at radius 3 is 2.33 bits per heavy atom. The SMILES string of the molecule is CN(c1ccc(OCC(=O)Nc2ccc3ccccc3c2)cc1)S(C)(=O)=O. The number of nitrogens with one attached hydrogen (secondary N) is 1. The topological polar surface area (TPSA) is 75.7 Å². The van der Waals surface area contributed by atoms with Crippen LogP contribution in [0.1, 0.15) is 0 Å². The van der Waals surface area contributed by atoms with Crippen LogP contribution in [0.25, 0.3) is 10.8 Å². The van der Waals surface area contributed by atoms with Crippen molar-refractivity contribution < 1.29 is 17.9 Å². The first-order valence-electron chi connectivity index (χ1n) is 8.28. The predicted molar refractivity (Wildman–Crippen MR) is 108 cm³/mol. The fraction of sp³-hybridized carbons (Fsp3) is 0.150. The molecule has 7 heteroatoms. The van der Waals surface area contributed by atoms with E-state index in [4.69, 9.17) is 4.74 Å². The van der Waals surface area contributed by atoms with Crippen LogP contribution in [0.15, 0.2) is 66.7 Å². The largest absolute Gasteiger partial charge is 0.484 e. The van der Waals surface area contributed by atoms with Crippen LogP contribution < -0.4 is 14.4 Å². The Labute approximate surface area is 158 Å². The van der Waals surface area contributed by atoms with Crippen LogP contribution in [-0.2, 0) is 14.8 Å². The van der Waals surface area contributed by atoms with E-state index in [0.29, 0.717) is 17.1 Å². The normalized spacial score (nSPS) is 11.2. The van der Waals surface area contributed by atoms with E-state index in [9.17, 15) is 13.2 Å². The summed E-state index contributed by atoms with van der Waals surface area (Å²) in [6.45, 7) is -0.145. The molecule has 0 bridgehead atoms. The van der Waals surface area contributed by atoms with E-state index < -0.39 is 10.0 Å². The highest BCUT2D eigenvalue weighted by Gasteiger charge is 2.12. The molecule has 0 spiro atoms. The van der Waals surface area contributed by atoms with E-state index in [1.165, 1.54) is 11.4 Å². The second-order valence-corrected chi connectivity index (χ2v) is 8.14. The van der Waals surface area contributed by atoms with Gasteiger partial charge in [0.25, 0.3) is 5.91 Å². The molecule has 0 radical (unpaired) electrons. The lowest BCUT2D eigenvalue weighted by Crippen LogP contribution is -2.24. The third-order valence-electron chi connectivity index (χ3n) is 4.10. The van der Waals surface area contributed by atoms with Crippen LogP contribution in [0.4, 0.5) is 11.4 Å². The molecule has 0 heterocycles. The van der Waals surface area contributed by atoms with Crippen molar-refractivity contribution in [3.05, 3.63) is 66.7 Å². The Hall–Kier alpha value is -3.06. The zero-order valence-electron chi connectivity index (χ0n) is 15.0. The highest BCUT2D eigenvalue weighted by atomic mass is 32.2. The van der Waals surface area contributed by atoms with Gasteiger partial charge in [-0.05, 0) is 47.2 Å². The van der Waals surface area contributed by atoms with E-state index in [1.807, 2.05) is 42.5 Å². The van der Waals surface area contributed by atoms with Crippen molar-refractivity contribution in [3.8, 4) is 5.75 Å². The van der Waals surface area contributed by atoms with Gasteiger partial charge in [-0.25, -0.2) is 8.42 Å². The molecule has 1 amide bonds. The number of nitrogens with zero attached hydrogens (tertiary/aromatic N) is 1. The Morgan fingerprint density at radius 1 is 1.00 bits per heavy atom. The molecular weight excluding hydrogens is 364 g/mol. The van der Waals surface area contributed by atoms with Crippen molar-refractivity contribution in [2.45, 2.75) is 0 Å². The lowest BCUT2D eigenvalue weighted by atomic mass is 10.1. The van der Waals surface area contributed by atoms with Crippen molar-refractivity contribution >= 4 is 38.1 Å². The highest BCUT2D eigenvalue weighted by molar-refractivity contribution is 7.92. The van der Waals surface area contributed by atoms with Crippen LogP contribution in [0, 0.1) is 0 Å². The minimum absolute atomic E-state index is 0.145. The summed E-state index contributed by atoms with van der Waals surface area (Å²) in [5, 5.41) is 4.95. The van der Waals surface area contributed by atoms with Crippen LogP contribution in [0.3, 0.4) is 0 Å². The number of rotatable bonds is 6. The molecule has 0 aliphatic rings. The molecule has 3 aromatic carbocycles. The van der Waals surface area contributed by atoms with Crippen molar-refractivity contribution in [2.24, 2.45) is 0 Å². The maximum absolute atomic E-state index is 12.1. The van der Waals surface area contributed by atoms with Crippen LogP contribution in [0.2, 0.25) is 0 Å². The summed E-state index contributed by atoms with van der Waals surface area (Å²) < 4.78 is 29.7. The standard InChI is InChI=1S/C20H20N2O4S/c1-22(27(2,24)25)18-9-11-19(12-10-18)26-14-20(23)21-17-8-7-15-5-3-4-6-16(15)13-17/h3-13H,14H2,1-2H3,(H,21,23). The molecule has 0 aliphatic heterocycles. The Kier molecular flexibility index (Phi) is 5.32. The second kappa shape index (κ2) is 7.67. The summed E-state index contributed by atoms with van der Waals surface area (Å²) in [6, 6.07) is 20.1. The lowest BCUT2D eigenvalue weighted by Gasteiger charge is -2.16. The number of hydrogen-bond acceptors (Lipinski definition) is 4. The zero-order valence-corrected chi connectivity index (χ0v) is 15.9. The molecule has 27 heavy (non-hydrogen) atoms. The molecule has 0 saturated heterocycles. The van der Waals surface area contributed by atoms with Gasteiger partial charge < -0.3 is 10.1 Å². The number of carbonyl (C=O) groups is 1. The van der Waals surface area contributed by atoms with Gasteiger partial charge in [0.15, 0.2) is 6.61 Å². The summed E-state index contributed by atoms with van der Waals surface area (Å²) in [5.74, 6) is 0.205. The summed E-state index contributed by atoms with van der Waals surface area (Å²) in [5.41, 5.74) is 1.22. The maximum atomic E-state index is 12.1. The number of amides is 1. The second-order valence-electron chi connectivity index (χ2n) is 6.12. The molecule has 3 rings (SSSR count). The van der Waals surface area contributed by atoms with E-state index in [-0.39, 0.29) is 12.5 Å². The summed E-state index contributed by atoms with van der Waals surface area (Å²) in [6.07, 6.45) is 1.13. The fourth-order valence-corrected chi connectivity index (χ4v) is 3.06. The third-order valence-corrected chi connectivity index (χ3v) is 5.31. The first-order chi connectivity index (χ1) is 12.8. The van der Waals surface area contributed by atoms with Gasteiger partial charge in [-0.1, -0.05) is 30.3 Å². The minimum Gasteiger partial charge on any atom is -0.484 e. The van der Waals surface area contributed by atoms with Gasteiger partial charge in [-0.15, -0.1) is 0 Å². The number of sulfonamides is 1. The monoisotopic (exact) mass is 384 g/mol. The molecule has 140 valence electrons. The smallest absolute Gasteiger partial charge is 0.262 e. The molecule has 3 aromatic rings. The van der Waals surface area contributed by atoms with Gasteiger partial charge in [0.2, 0.25) is 10.0 Å². The zero-order chi connectivity index (χ0) is 19.4. The van der Waals surface area contributed by atoms with Crippen molar-refractivity contribution in [1.29, 1.82) is 0 Å². The predicted octanol–water partition coefficient (Wildman–Crippen LogP) is 3.25. The number of hydrogen-bond donors (Lipinski definition) is 1. The Morgan fingerprint density at radius 2 is 1.67 bits per heavy atom. The number of ether oxygens (including phenoxy) is 1. The van der Waals surface area contributed by atoms with Crippen molar-refractivity contribution in [1.82, 2.24) is 0 Å². The molecule has 0 fully saturated rings. The molecule has 0 aromatic heterocycles. The minimum atomic E-state index is -3.32. The van der Waals surface area contributed by atoms with E-state index in [2.05, 4.69) is 5.32 Å². The Balaban J connectivity index is 1.58. The van der Waals surface area contributed by atoms with Crippen LogP contribution in [0.5, 0.6) is 5.75 Å². The van der Waals surface area contributed by atoms with Gasteiger partial charge in [0.05, 0.1) is 11.9 Å². The number of fused-ring (bicyclic) bond motifs is 1.